The number of nitrogens with zero attached hydrogens (tertiary/aromatic N) is 1. The summed E-state index contributed by atoms with van der Waals surface area (Å²) in [5.41, 5.74) is 0. The summed E-state index contributed by atoms with van der Waals surface area (Å²) >= 11 is 0. The van der Waals surface area contributed by atoms with Gasteiger partial charge in [0, 0.05) is 0 Å². The Hall–Kier alpha value is -0.0800. The van der Waals surface area contributed by atoms with Gasteiger partial charge in [-0.1, -0.05) is 97.3 Å². The van der Waals surface area contributed by atoms with E-state index in [1.54, 1.807) is 0 Å². The maximum absolute atomic E-state index is 5.94. The van der Waals surface area contributed by atoms with Crippen LogP contribution in [0.2, 0.25) is 0 Å². The van der Waals surface area contributed by atoms with Gasteiger partial charge in [0.25, 0.3) is 0 Å². The molecule has 0 aromatic heterocycles. The molecule has 0 N–H and O–H groups in total. The van der Waals surface area contributed by atoms with E-state index in [4.69, 9.17) is 4.74 Å². The van der Waals surface area contributed by atoms with Crippen molar-refractivity contribution in [3.05, 3.63) is 0 Å². The highest BCUT2D eigenvalue weighted by Crippen LogP contribution is 2.11. The van der Waals surface area contributed by atoms with Crippen LogP contribution in [-0.2, 0) is 4.74 Å². The number of hydrogen-bond acceptors (Lipinski definition) is 1. The zero-order valence-corrected chi connectivity index (χ0v) is 18.3. The average Bonchev–Trinajstić information content (AvgIpc) is 2.59. The summed E-state index contributed by atoms with van der Waals surface area (Å²) in [6.45, 7) is 7.66. The molecule has 2 nitrogen and oxygen atoms in total. The van der Waals surface area contributed by atoms with Crippen molar-refractivity contribution >= 4 is 0 Å². The van der Waals surface area contributed by atoms with Crippen LogP contribution in [-0.4, -0.2) is 38.5 Å². The summed E-state index contributed by atoms with van der Waals surface area (Å²) in [7, 11) is 4.62. The highest BCUT2D eigenvalue weighted by molar-refractivity contribution is 4.47. The van der Waals surface area contributed by atoms with Gasteiger partial charge in [-0.25, -0.2) is 0 Å². The molecule has 2 heteroatoms. The predicted molar refractivity (Wildman–Crippen MR) is 113 cm³/mol. The van der Waals surface area contributed by atoms with Gasteiger partial charge in [-0.3, -0.25) is 0 Å². The Bertz CT molecular complexity index is 252. The van der Waals surface area contributed by atoms with Crippen molar-refractivity contribution in [3.63, 3.8) is 0 Å². The van der Waals surface area contributed by atoms with Gasteiger partial charge in [-0.05, 0) is 19.3 Å². The van der Waals surface area contributed by atoms with Gasteiger partial charge in [0.2, 0.25) is 0 Å². The molecule has 0 saturated heterocycles. The number of rotatable bonds is 20. The SMILES string of the molecule is CCCCCCCCCCCCOC[N+](C)(C)CCCCCCCC. The molecule has 0 fully saturated rings. The first-order valence-electron chi connectivity index (χ1n) is 11.5. The summed E-state index contributed by atoms with van der Waals surface area (Å²) in [4.78, 5) is 0. The van der Waals surface area contributed by atoms with Crippen LogP contribution >= 0.6 is 0 Å². The Morgan fingerprint density at radius 2 is 0.920 bits per heavy atom. The van der Waals surface area contributed by atoms with Gasteiger partial charge >= 0.3 is 0 Å². The Labute approximate surface area is 160 Å². The fraction of sp³-hybridized carbons (Fsp3) is 1.00. The van der Waals surface area contributed by atoms with Crippen LogP contribution in [0.15, 0.2) is 0 Å². The second-order valence-corrected chi connectivity index (χ2v) is 8.65. The molecular formula is C23H50NO+. The summed E-state index contributed by atoms with van der Waals surface area (Å²) in [6, 6.07) is 0. The molecule has 0 saturated carbocycles. The van der Waals surface area contributed by atoms with Gasteiger partial charge in [0.1, 0.15) is 0 Å². The first kappa shape index (κ1) is 24.9. The lowest BCUT2D eigenvalue weighted by atomic mass is 10.1. The highest BCUT2D eigenvalue weighted by Gasteiger charge is 2.13. The van der Waals surface area contributed by atoms with Crippen LogP contribution in [0.3, 0.4) is 0 Å². The fourth-order valence-corrected chi connectivity index (χ4v) is 3.39. The van der Waals surface area contributed by atoms with E-state index in [0.29, 0.717) is 0 Å². The first-order valence-corrected chi connectivity index (χ1v) is 11.5. The van der Waals surface area contributed by atoms with Crippen molar-refractivity contribution in [3.8, 4) is 0 Å². The number of quaternary nitrogens is 1. The third-order valence-corrected chi connectivity index (χ3v) is 5.20. The Morgan fingerprint density at radius 1 is 0.520 bits per heavy atom. The normalized spacial score (nSPS) is 12.0. The number of unbranched alkanes of at least 4 members (excludes halogenated alkanes) is 14. The van der Waals surface area contributed by atoms with Gasteiger partial charge in [-0.15, -0.1) is 0 Å². The molecule has 0 bridgehead atoms. The fourth-order valence-electron chi connectivity index (χ4n) is 3.39. The van der Waals surface area contributed by atoms with Gasteiger partial charge in [-0.2, -0.15) is 0 Å². The molecule has 0 aliphatic rings. The van der Waals surface area contributed by atoms with E-state index >= 15 is 0 Å². The first-order chi connectivity index (χ1) is 12.1. The maximum Gasteiger partial charge on any atom is 0.182 e. The molecule has 152 valence electrons. The van der Waals surface area contributed by atoms with E-state index in [1.165, 1.54) is 109 Å². The summed E-state index contributed by atoms with van der Waals surface area (Å²) in [5, 5.41) is 0. The van der Waals surface area contributed by atoms with Gasteiger partial charge < -0.3 is 9.22 Å². The van der Waals surface area contributed by atoms with Crippen LogP contribution in [0.1, 0.15) is 117 Å². The van der Waals surface area contributed by atoms with Crippen molar-refractivity contribution in [2.24, 2.45) is 0 Å². The minimum absolute atomic E-state index is 0.881. The second kappa shape index (κ2) is 18.7. The molecule has 0 amide bonds. The smallest absolute Gasteiger partial charge is 0.182 e. The molecular weight excluding hydrogens is 306 g/mol. The summed E-state index contributed by atoms with van der Waals surface area (Å²) in [6.07, 6.45) is 22.3. The predicted octanol–water partition coefficient (Wildman–Crippen LogP) is 7.32. The average molecular weight is 357 g/mol. The quantitative estimate of drug-likeness (QED) is 0.126. The van der Waals surface area contributed by atoms with Crippen molar-refractivity contribution in [2.45, 2.75) is 117 Å². The largest absolute Gasteiger partial charge is 0.332 e. The third kappa shape index (κ3) is 20.1. The third-order valence-electron chi connectivity index (χ3n) is 5.20. The maximum atomic E-state index is 5.94. The number of ether oxygens (including phenoxy) is 1. The molecule has 25 heavy (non-hydrogen) atoms. The lowest BCUT2D eigenvalue weighted by molar-refractivity contribution is -0.909. The van der Waals surface area contributed by atoms with Crippen LogP contribution in [0.4, 0.5) is 0 Å². The van der Waals surface area contributed by atoms with Crippen LogP contribution < -0.4 is 0 Å². The lowest BCUT2D eigenvalue weighted by Gasteiger charge is -2.29. The monoisotopic (exact) mass is 356 g/mol. The van der Waals surface area contributed by atoms with E-state index in [2.05, 4.69) is 27.9 Å². The molecule has 0 heterocycles. The van der Waals surface area contributed by atoms with E-state index in [1.807, 2.05) is 0 Å². The molecule has 0 aromatic rings. The molecule has 0 aliphatic heterocycles. The Balaban J connectivity index is 3.28. The zero-order valence-electron chi connectivity index (χ0n) is 18.3. The van der Waals surface area contributed by atoms with Crippen molar-refractivity contribution in [1.29, 1.82) is 0 Å². The number of hydrogen-bond donors (Lipinski definition) is 0. The van der Waals surface area contributed by atoms with Crippen LogP contribution in [0.25, 0.3) is 0 Å². The van der Waals surface area contributed by atoms with Crippen molar-refractivity contribution < 1.29 is 9.22 Å². The van der Waals surface area contributed by atoms with Crippen LogP contribution in [0.5, 0.6) is 0 Å². The highest BCUT2D eigenvalue weighted by atomic mass is 16.5. The van der Waals surface area contributed by atoms with E-state index in [9.17, 15) is 0 Å². The van der Waals surface area contributed by atoms with Crippen molar-refractivity contribution in [1.82, 2.24) is 0 Å². The topological polar surface area (TPSA) is 9.23 Å². The molecule has 0 spiro atoms. The minimum atomic E-state index is 0.881. The van der Waals surface area contributed by atoms with Crippen LogP contribution in [0, 0.1) is 0 Å². The molecule has 0 unspecified atom stereocenters. The molecule has 0 atom stereocenters. The summed E-state index contributed by atoms with van der Waals surface area (Å²) < 4.78 is 6.96. The Kier molecular flexibility index (Phi) is 18.6. The Morgan fingerprint density at radius 3 is 1.40 bits per heavy atom. The van der Waals surface area contributed by atoms with E-state index in [-0.39, 0.29) is 0 Å². The lowest BCUT2D eigenvalue weighted by Crippen LogP contribution is -2.42. The second-order valence-electron chi connectivity index (χ2n) is 8.65. The van der Waals surface area contributed by atoms with Crippen molar-refractivity contribution in [2.75, 3.05) is 34.0 Å². The molecule has 0 radical (unpaired) electrons. The minimum Gasteiger partial charge on any atom is -0.332 e. The standard InChI is InChI=1S/C23H50NO/c1-5-7-9-11-13-14-15-16-18-20-22-25-23-24(3,4)21-19-17-12-10-8-6-2/h5-23H2,1-4H3/q+1. The van der Waals surface area contributed by atoms with Gasteiger partial charge in [0.15, 0.2) is 6.73 Å². The molecule has 0 aliphatic carbocycles. The van der Waals surface area contributed by atoms with Gasteiger partial charge in [0.05, 0.1) is 27.2 Å². The summed E-state index contributed by atoms with van der Waals surface area (Å²) in [5.74, 6) is 0. The molecule has 0 rings (SSSR count). The van der Waals surface area contributed by atoms with E-state index < -0.39 is 0 Å². The zero-order chi connectivity index (χ0) is 18.6. The van der Waals surface area contributed by atoms with E-state index in [0.717, 1.165) is 17.8 Å². The molecule has 0 aromatic carbocycles.